The molecule has 2 aromatic heterocycles. The number of aromatic nitrogens is 3. The van der Waals surface area contributed by atoms with Gasteiger partial charge >= 0.3 is 0 Å². The van der Waals surface area contributed by atoms with Gasteiger partial charge in [-0.05, 0) is 24.6 Å². The monoisotopic (exact) mass is 433 g/mol. The number of hydrogen-bond donors (Lipinski definition) is 3. The number of aliphatic hydroxyl groups is 2. The molecule has 0 fully saturated rings. The fourth-order valence-electron chi connectivity index (χ4n) is 2.87. The highest BCUT2D eigenvalue weighted by molar-refractivity contribution is 6.29. The fourth-order valence-corrected chi connectivity index (χ4v) is 3.05. The second kappa shape index (κ2) is 8.86. The molecule has 9 nitrogen and oxygen atoms in total. The van der Waals surface area contributed by atoms with Gasteiger partial charge in [-0.25, -0.2) is 9.50 Å². The number of fused-ring (bicyclic) bond motifs is 1. The summed E-state index contributed by atoms with van der Waals surface area (Å²) in [6.45, 7) is 1.39. The van der Waals surface area contributed by atoms with Gasteiger partial charge in [-0.2, -0.15) is 5.10 Å². The standard InChI is InChI=1S/C20H24ClN5O4/c1-20(29,12-27)11-23-19(28)16-9-22-18-15(8-17(21)24-26(16)18)25(2)10-13-4-6-14(30-3)7-5-13/h4-9,27,29H,10-12H2,1-3H3,(H,23,28)/t20-/m0/s1. The number of carbonyl (C=O) groups is 1. The summed E-state index contributed by atoms with van der Waals surface area (Å²) < 4.78 is 6.55. The second-order valence-corrected chi connectivity index (χ2v) is 7.66. The number of imidazole rings is 1. The van der Waals surface area contributed by atoms with Crippen LogP contribution >= 0.6 is 11.6 Å². The van der Waals surface area contributed by atoms with Crippen LogP contribution in [0.4, 0.5) is 5.69 Å². The molecule has 0 saturated heterocycles. The SMILES string of the molecule is COc1ccc(CN(C)c2cc(Cl)nn3c(C(=O)NC[C@](C)(O)CO)cnc23)cc1. The highest BCUT2D eigenvalue weighted by Crippen LogP contribution is 2.25. The van der Waals surface area contributed by atoms with E-state index in [0.717, 1.165) is 11.3 Å². The molecule has 160 valence electrons. The minimum Gasteiger partial charge on any atom is -0.497 e. The van der Waals surface area contributed by atoms with E-state index in [4.69, 9.17) is 21.4 Å². The fraction of sp³-hybridized carbons (Fsp3) is 0.350. The van der Waals surface area contributed by atoms with Gasteiger partial charge < -0.3 is 25.2 Å². The van der Waals surface area contributed by atoms with Crippen molar-refractivity contribution >= 4 is 28.8 Å². The van der Waals surface area contributed by atoms with Gasteiger partial charge in [-0.1, -0.05) is 23.7 Å². The number of halogens is 1. The summed E-state index contributed by atoms with van der Waals surface area (Å²) in [5.41, 5.74) is 0.965. The number of nitrogens with one attached hydrogen (secondary N) is 1. The summed E-state index contributed by atoms with van der Waals surface area (Å²) in [4.78, 5) is 18.9. The highest BCUT2D eigenvalue weighted by Gasteiger charge is 2.23. The van der Waals surface area contributed by atoms with Crippen LogP contribution in [0.15, 0.2) is 36.5 Å². The maximum absolute atomic E-state index is 12.6. The molecule has 0 spiro atoms. The van der Waals surface area contributed by atoms with Gasteiger partial charge in [0.25, 0.3) is 5.91 Å². The van der Waals surface area contributed by atoms with Gasteiger partial charge in [-0.3, -0.25) is 4.79 Å². The van der Waals surface area contributed by atoms with Crippen LogP contribution in [-0.4, -0.2) is 63.6 Å². The Bertz CT molecular complexity index is 1040. The molecule has 0 aliphatic carbocycles. The molecule has 0 radical (unpaired) electrons. The van der Waals surface area contributed by atoms with Gasteiger partial charge in [-0.15, -0.1) is 0 Å². The number of benzene rings is 1. The van der Waals surface area contributed by atoms with Crippen molar-refractivity contribution in [3.8, 4) is 5.75 Å². The zero-order valence-electron chi connectivity index (χ0n) is 17.0. The predicted octanol–water partition coefficient (Wildman–Crippen LogP) is 1.50. The molecule has 3 rings (SSSR count). The first-order chi connectivity index (χ1) is 14.2. The molecule has 0 saturated carbocycles. The molecule has 1 aromatic carbocycles. The second-order valence-electron chi connectivity index (χ2n) is 7.27. The van der Waals surface area contributed by atoms with Gasteiger partial charge in [0.1, 0.15) is 11.4 Å². The lowest BCUT2D eigenvalue weighted by molar-refractivity contribution is 0.00314. The molecule has 1 amide bonds. The number of ether oxygens (including phenoxy) is 1. The number of hydrogen-bond acceptors (Lipinski definition) is 7. The Morgan fingerprint density at radius 1 is 1.37 bits per heavy atom. The molecule has 1 atom stereocenters. The number of amides is 1. The summed E-state index contributed by atoms with van der Waals surface area (Å²) in [6, 6.07) is 9.39. The van der Waals surface area contributed by atoms with Crippen LogP contribution in [0.2, 0.25) is 5.15 Å². The van der Waals surface area contributed by atoms with Crippen LogP contribution in [0.3, 0.4) is 0 Å². The first-order valence-corrected chi connectivity index (χ1v) is 9.61. The van der Waals surface area contributed by atoms with E-state index in [2.05, 4.69) is 15.4 Å². The van der Waals surface area contributed by atoms with E-state index < -0.39 is 18.1 Å². The van der Waals surface area contributed by atoms with Crippen molar-refractivity contribution < 1.29 is 19.7 Å². The summed E-state index contributed by atoms with van der Waals surface area (Å²) in [7, 11) is 3.51. The van der Waals surface area contributed by atoms with Crippen LogP contribution in [0.25, 0.3) is 5.65 Å². The first kappa shape index (κ1) is 21.8. The Morgan fingerprint density at radius 3 is 2.70 bits per heavy atom. The molecule has 2 heterocycles. The third-order valence-electron chi connectivity index (χ3n) is 4.61. The lowest BCUT2D eigenvalue weighted by Crippen LogP contribution is -2.43. The predicted molar refractivity (Wildman–Crippen MR) is 113 cm³/mol. The van der Waals surface area contributed by atoms with Crippen LogP contribution in [-0.2, 0) is 6.54 Å². The minimum absolute atomic E-state index is 0.125. The van der Waals surface area contributed by atoms with E-state index in [9.17, 15) is 9.90 Å². The first-order valence-electron chi connectivity index (χ1n) is 9.24. The van der Waals surface area contributed by atoms with E-state index in [0.29, 0.717) is 17.9 Å². The quantitative estimate of drug-likeness (QED) is 0.493. The minimum atomic E-state index is -1.43. The van der Waals surface area contributed by atoms with E-state index >= 15 is 0 Å². The van der Waals surface area contributed by atoms with Gasteiger partial charge in [0.05, 0.1) is 25.6 Å². The molecule has 0 bridgehead atoms. The van der Waals surface area contributed by atoms with E-state index in [1.54, 1.807) is 13.2 Å². The lowest BCUT2D eigenvalue weighted by Gasteiger charge is -2.21. The van der Waals surface area contributed by atoms with Crippen molar-refractivity contribution in [2.45, 2.75) is 19.1 Å². The van der Waals surface area contributed by atoms with Crippen LogP contribution in [0.1, 0.15) is 23.0 Å². The van der Waals surface area contributed by atoms with Crippen molar-refractivity contribution in [1.29, 1.82) is 0 Å². The van der Waals surface area contributed by atoms with Crippen molar-refractivity contribution in [2.75, 3.05) is 32.2 Å². The van der Waals surface area contributed by atoms with Crippen molar-refractivity contribution in [3.63, 3.8) is 0 Å². The van der Waals surface area contributed by atoms with Crippen molar-refractivity contribution in [2.24, 2.45) is 0 Å². The molecule has 3 aromatic rings. The Labute approximate surface area is 178 Å². The smallest absolute Gasteiger partial charge is 0.271 e. The summed E-state index contributed by atoms with van der Waals surface area (Å²) >= 11 is 6.21. The average molecular weight is 434 g/mol. The number of nitrogens with zero attached hydrogens (tertiary/aromatic N) is 4. The number of methoxy groups -OCH3 is 1. The van der Waals surface area contributed by atoms with Crippen LogP contribution in [0.5, 0.6) is 5.75 Å². The number of rotatable bonds is 8. The van der Waals surface area contributed by atoms with Crippen LogP contribution < -0.4 is 15.0 Å². The lowest BCUT2D eigenvalue weighted by atomic mass is 10.1. The largest absolute Gasteiger partial charge is 0.497 e. The zero-order valence-corrected chi connectivity index (χ0v) is 17.7. The average Bonchev–Trinajstić information content (AvgIpc) is 3.15. The molecular weight excluding hydrogens is 410 g/mol. The number of aliphatic hydroxyl groups excluding tert-OH is 1. The van der Waals surface area contributed by atoms with E-state index in [1.165, 1.54) is 17.6 Å². The maximum Gasteiger partial charge on any atom is 0.271 e. The Morgan fingerprint density at radius 2 is 2.07 bits per heavy atom. The van der Waals surface area contributed by atoms with Gasteiger partial charge in [0.15, 0.2) is 16.5 Å². The molecule has 0 aliphatic heterocycles. The Hall–Kier alpha value is -2.88. The van der Waals surface area contributed by atoms with Crippen LogP contribution in [0, 0.1) is 0 Å². The third-order valence-corrected chi connectivity index (χ3v) is 4.80. The Kier molecular flexibility index (Phi) is 6.45. The topological polar surface area (TPSA) is 112 Å². The molecule has 0 aliphatic rings. The summed E-state index contributed by atoms with van der Waals surface area (Å²) in [6.07, 6.45) is 1.40. The van der Waals surface area contributed by atoms with Gasteiger partial charge in [0.2, 0.25) is 0 Å². The number of anilines is 1. The Balaban J connectivity index is 1.86. The van der Waals surface area contributed by atoms with E-state index in [1.807, 2.05) is 36.2 Å². The third kappa shape index (κ3) is 4.81. The van der Waals surface area contributed by atoms with E-state index in [-0.39, 0.29) is 17.4 Å². The highest BCUT2D eigenvalue weighted by atomic mass is 35.5. The molecule has 0 unspecified atom stereocenters. The summed E-state index contributed by atoms with van der Waals surface area (Å²) in [5.74, 6) is 0.287. The maximum atomic E-state index is 12.6. The molecular formula is C20H24ClN5O4. The normalized spacial score (nSPS) is 13.1. The molecule has 10 heteroatoms. The zero-order chi connectivity index (χ0) is 21.9. The molecule has 3 N–H and O–H groups in total. The molecule has 30 heavy (non-hydrogen) atoms. The van der Waals surface area contributed by atoms with Crippen molar-refractivity contribution in [3.05, 3.63) is 52.9 Å². The summed E-state index contributed by atoms with van der Waals surface area (Å²) in [5, 5.41) is 26.0. The van der Waals surface area contributed by atoms with Crippen molar-refractivity contribution in [1.82, 2.24) is 19.9 Å². The van der Waals surface area contributed by atoms with Gasteiger partial charge in [0, 0.05) is 26.2 Å². The number of carbonyl (C=O) groups excluding carboxylic acids is 1.